The number of halogens is 1. The zero-order chi connectivity index (χ0) is 31.6. The highest BCUT2D eigenvalue weighted by atomic mass is 19.1. The molecule has 8 rings (SSSR count). The molecule has 11 heteroatoms. The number of methoxy groups -OCH3 is 1. The maximum absolute atomic E-state index is 14.9. The van der Waals surface area contributed by atoms with E-state index in [2.05, 4.69) is 21.0 Å². The van der Waals surface area contributed by atoms with E-state index in [4.69, 9.17) is 25.9 Å². The number of pyridine rings is 1. The maximum Gasteiger partial charge on any atom is 0.343 e. The van der Waals surface area contributed by atoms with Crippen LogP contribution < -0.4 is 15.0 Å². The molecule has 238 valence electrons. The minimum atomic E-state index is -0.529. The number of nitrogens with zero attached hydrogens (tertiary/aromatic N) is 5. The highest BCUT2D eigenvalue weighted by Crippen LogP contribution is 2.41. The summed E-state index contributed by atoms with van der Waals surface area (Å²) < 4.78 is 28.7. The molecule has 4 aromatic rings. The molecule has 2 bridgehead atoms. The Morgan fingerprint density at radius 2 is 1.96 bits per heavy atom. The van der Waals surface area contributed by atoms with Crippen LogP contribution in [0.1, 0.15) is 60.0 Å². The number of phenols is 1. The average molecular weight is 625 g/mol. The topological polar surface area (TPSA) is 105 Å². The van der Waals surface area contributed by atoms with Crippen molar-refractivity contribution < 1.29 is 23.8 Å². The molecule has 46 heavy (non-hydrogen) atoms. The van der Waals surface area contributed by atoms with Crippen LogP contribution in [0.2, 0.25) is 0 Å². The third kappa shape index (κ3) is 4.65. The van der Waals surface area contributed by atoms with Gasteiger partial charge in [-0.3, -0.25) is 4.90 Å². The molecule has 0 radical (unpaired) electrons. The number of phenolic OH excluding ortho intramolecular Hbond substituents is 1. The van der Waals surface area contributed by atoms with Crippen LogP contribution >= 0.6 is 0 Å². The fraction of sp³-hybridized carbons (Fsp3) is 0.457. The molecule has 0 spiro atoms. The van der Waals surface area contributed by atoms with Gasteiger partial charge in [-0.25, -0.2) is 14.2 Å². The lowest BCUT2D eigenvalue weighted by Crippen LogP contribution is -2.51. The summed E-state index contributed by atoms with van der Waals surface area (Å²) in [7, 11) is 1.36. The van der Waals surface area contributed by atoms with Crippen molar-refractivity contribution in [2.75, 3.05) is 44.8 Å². The number of hydrogen-bond acceptors (Lipinski definition) is 9. The number of nitrogens with one attached hydrogen (secondary N) is 1. The van der Waals surface area contributed by atoms with Crippen LogP contribution in [0.4, 0.5) is 10.2 Å². The van der Waals surface area contributed by atoms with Gasteiger partial charge in [0.1, 0.15) is 29.6 Å². The fourth-order valence-electron chi connectivity index (χ4n) is 8.45. The molecule has 4 fully saturated rings. The number of piperazine rings is 1. The number of carbonyl (C=O) groups is 1. The molecular formula is C35H37FN6O4. The van der Waals surface area contributed by atoms with Gasteiger partial charge in [-0.1, -0.05) is 12.0 Å². The molecule has 2 aromatic carbocycles. The monoisotopic (exact) mass is 624 g/mol. The molecule has 0 amide bonds. The summed E-state index contributed by atoms with van der Waals surface area (Å²) in [5, 5.41) is 15.4. The van der Waals surface area contributed by atoms with E-state index in [1.807, 2.05) is 4.57 Å². The molecule has 4 saturated heterocycles. The van der Waals surface area contributed by atoms with E-state index in [-0.39, 0.29) is 23.4 Å². The first-order valence-corrected chi connectivity index (χ1v) is 16.1. The quantitative estimate of drug-likeness (QED) is 0.231. The summed E-state index contributed by atoms with van der Waals surface area (Å²) >= 11 is 0. The standard InChI is InChI=1S/C35H37FN6O4/c1-3-26-27(36)9-6-21-14-25(43)15-22(28(21)26)16-41-20-37-30-31(41)29(34(44)45-2)32(40-17-23-7-8-24(18-40)38-23)39-33(30)46-19-35-10-4-12-42(35)13-5-11-35/h1,6,9,14-15,20,23-24,38,43H,4-5,7-8,10-13,16-19H2,2H3. The second-order valence-electron chi connectivity index (χ2n) is 13.2. The van der Waals surface area contributed by atoms with Crippen molar-refractivity contribution in [3.8, 4) is 24.0 Å². The van der Waals surface area contributed by atoms with Crippen molar-refractivity contribution >= 4 is 33.6 Å². The lowest BCUT2D eigenvalue weighted by atomic mass is 9.95. The van der Waals surface area contributed by atoms with Gasteiger partial charge in [0, 0.05) is 37.1 Å². The summed E-state index contributed by atoms with van der Waals surface area (Å²) in [6, 6.07) is 6.65. The molecule has 2 aromatic heterocycles. The number of aromatic nitrogens is 3. The molecule has 0 aliphatic carbocycles. The Morgan fingerprint density at radius 3 is 2.67 bits per heavy atom. The number of esters is 1. The lowest BCUT2D eigenvalue weighted by Gasteiger charge is -2.35. The third-order valence-corrected chi connectivity index (χ3v) is 10.5. The second kappa shape index (κ2) is 11.1. The Bertz CT molecular complexity index is 1900. The third-order valence-electron chi connectivity index (χ3n) is 10.5. The average Bonchev–Trinajstić information content (AvgIpc) is 3.83. The molecular weight excluding hydrogens is 587 g/mol. The lowest BCUT2D eigenvalue weighted by molar-refractivity contribution is 0.0602. The second-order valence-corrected chi connectivity index (χ2v) is 13.2. The van der Waals surface area contributed by atoms with E-state index in [9.17, 15) is 14.3 Å². The van der Waals surface area contributed by atoms with Crippen molar-refractivity contribution in [1.82, 2.24) is 24.8 Å². The van der Waals surface area contributed by atoms with Gasteiger partial charge in [0.2, 0.25) is 5.88 Å². The molecule has 0 saturated carbocycles. The number of imidazole rings is 1. The van der Waals surface area contributed by atoms with Crippen molar-refractivity contribution in [3.05, 3.63) is 53.1 Å². The number of hydrogen-bond donors (Lipinski definition) is 2. The Hall–Kier alpha value is -4.40. The Kier molecular flexibility index (Phi) is 7.03. The van der Waals surface area contributed by atoms with Gasteiger partial charge in [0.05, 0.1) is 30.1 Å². The smallest absolute Gasteiger partial charge is 0.343 e. The van der Waals surface area contributed by atoms with Crippen LogP contribution in [0.15, 0.2) is 30.6 Å². The van der Waals surface area contributed by atoms with Gasteiger partial charge in [-0.05, 0) is 80.8 Å². The summed E-state index contributed by atoms with van der Waals surface area (Å²) in [4.78, 5) is 28.2. The first-order chi connectivity index (χ1) is 22.4. The molecule has 2 N–H and O–H groups in total. The van der Waals surface area contributed by atoms with Crippen molar-refractivity contribution in [2.24, 2.45) is 0 Å². The van der Waals surface area contributed by atoms with Gasteiger partial charge in [0.15, 0.2) is 5.52 Å². The first-order valence-electron chi connectivity index (χ1n) is 16.1. The molecule has 4 aliphatic heterocycles. The van der Waals surface area contributed by atoms with Gasteiger partial charge in [-0.2, -0.15) is 4.98 Å². The number of anilines is 1. The van der Waals surface area contributed by atoms with Crippen LogP contribution in [-0.4, -0.2) is 88.0 Å². The number of benzene rings is 2. The minimum absolute atomic E-state index is 0.0118. The van der Waals surface area contributed by atoms with E-state index < -0.39 is 11.8 Å². The van der Waals surface area contributed by atoms with Gasteiger partial charge >= 0.3 is 5.97 Å². The Labute approximate surface area is 266 Å². The number of fused-ring (bicyclic) bond motifs is 5. The zero-order valence-electron chi connectivity index (χ0n) is 25.9. The zero-order valence-corrected chi connectivity index (χ0v) is 25.9. The largest absolute Gasteiger partial charge is 0.508 e. The van der Waals surface area contributed by atoms with Crippen LogP contribution in [0.5, 0.6) is 11.6 Å². The first kappa shape index (κ1) is 29.0. The maximum atomic E-state index is 14.9. The van der Waals surface area contributed by atoms with E-state index in [0.29, 0.717) is 76.4 Å². The molecule has 2 atom stereocenters. The summed E-state index contributed by atoms with van der Waals surface area (Å²) in [6.45, 7) is 4.20. The Balaban J connectivity index is 1.30. The van der Waals surface area contributed by atoms with Crippen LogP contribution in [-0.2, 0) is 11.3 Å². The van der Waals surface area contributed by atoms with E-state index in [0.717, 1.165) is 51.6 Å². The van der Waals surface area contributed by atoms with Gasteiger partial charge in [-0.15, -0.1) is 6.42 Å². The molecule has 2 unspecified atom stereocenters. The number of rotatable bonds is 7. The molecule has 10 nitrogen and oxygen atoms in total. The normalized spacial score (nSPS) is 22.0. The SMILES string of the molecule is C#Cc1c(F)ccc2cc(O)cc(Cn3cnc4c(OCC56CCCN5CCC6)nc(N5CC6CCC(C5)N6)c(C(=O)OC)c43)c12. The summed E-state index contributed by atoms with van der Waals surface area (Å²) in [5.41, 5.74) is 1.96. The van der Waals surface area contributed by atoms with E-state index >= 15 is 0 Å². The highest BCUT2D eigenvalue weighted by Gasteiger charge is 2.45. The van der Waals surface area contributed by atoms with Crippen LogP contribution in [0.3, 0.4) is 0 Å². The van der Waals surface area contributed by atoms with Crippen molar-refractivity contribution in [2.45, 2.75) is 62.7 Å². The number of terminal acetylenes is 1. The van der Waals surface area contributed by atoms with Crippen LogP contribution in [0, 0.1) is 18.2 Å². The van der Waals surface area contributed by atoms with Crippen molar-refractivity contribution in [3.63, 3.8) is 0 Å². The predicted molar refractivity (Wildman–Crippen MR) is 172 cm³/mol. The molecule has 6 heterocycles. The van der Waals surface area contributed by atoms with Crippen LogP contribution in [0.25, 0.3) is 21.8 Å². The van der Waals surface area contributed by atoms with Crippen molar-refractivity contribution in [1.29, 1.82) is 0 Å². The summed E-state index contributed by atoms with van der Waals surface area (Å²) in [6.07, 6.45) is 14.0. The number of aromatic hydroxyl groups is 1. The van der Waals surface area contributed by atoms with Gasteiger partial charge < -0.3 is 29.4 Å². The summed E-state index contributed by atoms with van der Waals surface area (Å²) in [5.74, 6) is 2.36. The van der Waals surface area contributed by atoms with E-state index in [1.54, 1.807) is 24.5 Å². The highest BCUT2D eigenvalue weighted by molar-refractivity contribution is 6.08. The predicted octanol–water partition coefficient (Wildman–Crippen LogP) is 4.19. The Morgan fingerprint density at radius 1 is 1.20 bits per heavy atom. The van der Waals surface area contributed by atoms with E-state index in [1.165, 1.54) is 13.2 Å². The minimum Gasteiger partial charge on any atom is -0.508 e. The molecule has 4 aliphatic rings. The fourth-order valence-corrected chi connectivity index (χ4v) is 8.45. The van der Waals surface area contributed by atoms with Gasteiger partial charge in [0.25, 0.3) is 0 Å². The number of carbonyl (C=O) groups excluding carboxylic acids is 1. The number of ether oxygens (including phenoxy) is 2.